The molecule has 0 aliphatic carbocycles. The summed E-state index contributed by atoms with van der Waals surface area (Å²) in [6, 6.07) is 12.8. The Hall–Kier alpha value is -1.56. The molecule has 0 atom stereocenters. The van der Waals surface area contributed by atoms with Crippen molar-refractivity contribution in [2.75, 3.05) is 13.7 Å². The molecule has 0 unspecified atom stereocenters. The maximum Gasteiger partial charge on any atom is 0.339 e. The van der Waals surface area contributed by atoms with Crippen LogP contribution in [0.15, 0.2) is 53.4 Å². The number of halogens is 1. The van der Waals surface area contributed by atoms with Crippen LogP contribution < -0.4 is 4.18 Å². The average molecular weight is 327 g/mol. The van der Waals surface area contributed by atoms with Crippen LogP contribution in [0.3, 0.4) is 0 Å². The molecule has 0 aliphatic heterocycles. The highest BCUT2D eigenvalue weighted by Gasteiger charge is 2.16. The van der Waals surface area contributed by atoms with E-state index < -0.39 is 10.1 Å². The predicted octanol–water partition coefficient (Wildman–Crippen LogP) is 3.30. The van der Waals surface area contributed by atoms with Crippen LogP contribution in [0.25, 0.3) is 0 Å². The molecule has 4 nitrogen and oxygen atoms in total. The van der Waals surface area contributed by atoms with Gasteiger partial charge in [0.1, 0.15) is 10.6 Å². The Morgan fingerprint density at radius 2 is 1.81 bits per heavy atom. The molecule has 2 aromatic rings. The Kier molecular flexibility index (Phi) is 5.22. The summed E-state index contributed by atoms with van der Waals surface area (Å²) >= 11 is 5.79. The fourth-order valence-electron chi connectivity index (χ4n) is 1.73. The highest BCUT2D eigenvalue weighted by molar-refractivity contribution is 7.87. The Morgan fingerprint density at radius 1 is 1.10 bits per heavy atom. The summed E-state index contributed by atoms with van der Waals surface area (Å²) in [6.45, 7) is 0.612. The van der Waals surface area contributed by atoms with Gasteiger partial charge in [-0.25, -0.2) is 0 Å². The van der Waals surface area contributed by atoms with Gasteiger partial charge in [-0.2, -0.15) is 8.42 Å². The minimum Gasteiger partial charge on any atom is -0.384 e. The molecule has 21 heavy (non-hydrogen) atoms. The van der Waals surface area contributed by atoms with E-state index in [4.69, 9.17) is 20.5 Å². The molecule has 0 fully saturated rings. The molecule has 112 valence electrons. The van der Waals surface area contributed by atoms with Crippen molar-refractivity contribution in [3.8, 4) is 5.75 Å². The van der Waals surface area contributed by atoms with Crippen molar-refractivity contribution >= 4 is 21.7 Å². The highest BCUT2D eigenvalue weighted by Crippen LogP contribution is 2.21. The van der Waals surface area contributed by atoms with Gasteiger partial charge in [0.05, 0.1) is 6.61 Å². The van der Waals surface area contributed by atoms with Gasteiger partial charge in [-0.1, -0.05) is 29.8 Å². The van der Waals surface area contributed by atoms with Gasteiger partial charge in [-0.15, -0.1) is 0 Å². The summed E-state index contributed by atoms with van der Waals surface area (Å²) < 4.78 is 34.3. The zero-order valence-corrected chi connectivity index (χ0v) is 13.0. The Balaban J connectivity index is 2.13. The molecule has 0 bridgehead atoms. The molecule has 0 N–H and O–H groups in total. The monoisotopic (exact) mass is 326 g/mol. The molecule has 2 aromatic carbocycles. The van der Waals surface area contributed by atoms with E-state index in [1.54, 1.807) is 31.4 Å². The Bertz CT molecular complexity index is 696. The summed E-state index contributed by atoms with van der Waals surface area (Å²) in [7, 11) is -2.24. The third-order valence-corrected chi connectivity index (χ3v) is 4.29. The topological polar surface area (TPSA) is 52.6 Å². The van der Waals surface area contributed by atoms with Crippen molar-refractivity contribution in [1.29, 1.82) is 0 Å². The molecular weight excluding hydrogens is 312 g/mol. The second-order valence-electron chi connectivity index (χ2n) is 4.38. The first-order valence-corrected chi connectivity index (χ1v) is 8.08. The molecule has 0 spiro atoms. The zero-order valence-electron chi connectivity index (χ0n) is 11.5. The summed E-state index contributed by atoms with van der Waals surface area (Å²) in [5.74, 6) is 0.260. The lowest BCUT2D eigenvalue weighted by Gasteiger charge is -2.08. The average Bonchev–Trinajstić information content (AvgIpc) is 2.46. The first-order valence-electron chi connectivity index (χ1n) is 6.29. The van der Waals surface area contributed by atoms with Crippen molar-refractivity contribution in [2.45, 2.75) is 11.3 Å². The molecule has 0 aliphatic rings. The van der Waals surface area contributed by atoms with Gasteiger partial charge in [-0.05, 0) is 42.3 Å². The Labute approximate surface area is 129 Å². The van der Waals surface area contributed by atoms with Gasteiger partial charge in [0.2, 0.25) is 0 Å². The molecule has 0 saturated carbocycles. The largest absolute Gasteiger partial charge is 0.384 e. The molecule has 0 radical (unpaired) electrons. The van der Waals surface area contributed by atoms with E-state index in [1.807, 2.05) is 12.1 Å². The van der Waals surface area contributed by atoms with E-state index in [0.29, 0.717) is 11.6 Å². The fourth-order valence-corrected chi connectivity index (χ4v) is 2.96. The van der Waals surface area contributed by atoms with Crippen molar-refractivity contribution in [3.05, 3.63) is 59.1 Å². The second-order valence-corrected chi connectivity index (χ2v) is 6.36. The zero-order chi connectivity index (χ0) is 15.3. The molecule has 0 amide bonds. The quantitative estimate of drug-likeness (QED) is 0.764. The molecule has 2 rings (SSSR count). The SMILES string of the molecule is COCCc1ccc(OS(=O)(=O)c2cccc(Cl)c2)cc1. The van der Waals surface area contributed by atoms with Crippen molar-refractivity contribution in [3.63, 3.8) is 0 Å². The Morgan fingerprint density at radius 3 is 2.43 bits per heavy atom. The van der Waals surface area contributed by atoms with Gasteiger partial charge in [-0.3, -0.25) is 0 Å². The van der Waals surface area contributed by atoms with Crippen molar-refractivity contribution < 1.29 is 17.3 Å². The van der Waals surface area contributed by atoms with E-state index in [0.717, 1.165) is 12.0 Å². The fraction of sp³-hybridized carbons (Fsp3) is 0.200. The molecule has 0 aromatic heterocycles. The molecular formula is C15H15ClO4S. The summed E-state index contributed by atoms with van der Waals surface area (Å²) in [6.07, 6.45) is 0.762. The third-order valence-electron chi connectivity index (χ3n) is 2.81. The van der Waals surface area contributed by atoms with Crippen molar-refractivity contribution in [1.82, 2.24) is 0 Å². The van der Waals surface area contributed by atoms with E-state index in [2.05, 4.69) is 0 Å². The van der Waals surface area contributed by atoms with Gasteiger partial charge < -0.3 is 8.92 Å². The minimum atomic E-state index is -3.87. The second kappa shape index (κ2) is 6.93. The summed E-state index contributed by atoms with van der Waals surface area (Å²) in [4.78, 5) is 0.0264. The van der Waals surface area contributed by atoms with Crippen LogP contribution in [0.4, 0.5) is 0 Å². The summed E-state index contributed by atoms with van der Waals surface area (Å²) in [5, 5.41) is 0.342. The van der Waals surface area contributed by atoms with Gasteiger partial charge in [0.25, 0.3) is 0 Å². The van der Waals surface area contributed by atoms with E-state index in [9.17, 15) is 8.42 Å². The number of hydrogen-bond donors (Lipinski definition) is 0. The van der Waals surface area contributed by atoms with E-state index in [-0.39, 0.29) is 10.6 Å². The lowest BCUT2D eigenvalue weighted by molar-refractivity contribution is 0.202. The normalized spacial score (nSPS) is 11.3. The van der Waals surface area contributed by atoms with Crippen LogP contribution in [0.1, 0.15) is 5.56 Å². The van der Waals surface area contributed by atoms with Gasteiger partial charge in [0, 0.05) is 12.1 Å². The molecule has 0 saturated heterocycles. The van der Waals surface area contributed by atoms with E-state index in [1.165, 1.54) is 12.1 Å². The third kappa shape index (κ3) is 4.46. The highest BCUT2D eigenvalue weighted by atomic mass is 35.5. The maximum absolute atomic E-state index is 12.1. The number of rotatable bonds is 6. The van der Waals surface area contributed by atoms with Gasteiger partial charge >= 0.3 is 10.1 Å². The molecule has 0 heterocycles. The lowest BCUT2D eigenvalue weighted by atomic mass is 10.1. The van der Waals surface area contributed by atoms with Crippen LogP contribution in [-0.2, 0) is 21.3 Å². The van der Waals surface area contributed by atoms with E-state index >= 15 is 0 Å². The van der Waals surface area contributed by atoms with Crippen LogP contribution in [0.5, 0.6) is 5.75 Å². The van der Waals surface area contributed by atoms with Crippen LogP contribution in [0, 0.1) is 0 Å². The number of benzene rings is 2. The smallest absolute Gasteiger partial charge is 0.339 e. The molecule has 6 heteroatoms. The van der Waals surface area contributed by atoms with Crippen molar-refractivity contribution in [2.24, 2.45) is 0 Å². The number of hydrogen-bond acceptors (Lipinski definition) is 4. The van der Waals surface area contributed by atoms with Crippen LogP contribution in [0.2, 0.25) is 5.02 Å². The lowest BCUT2D eigenvalue weighted by Crippen LogP contribution is -2.09. The predicted molar refractivity (Wildman–Crippen MR) is 81.3 cm³/mol. The van der Waals surface area contributed by atoms with Gasteiger partial charge in [0.15, 0.2) is 0 Å². The first kappa shape index (κ1) is 15.8. The number of methoxy groups -OCH3 is 1. The minimum absolute atomic E-state index is 0.0264. The number of ether oxygens (including phenoxy) is 1. The summed E-state index contributed by atoms with van der Waals surface area (Å²) in [5.41, 5.74) is 1.05. The van der Waals surface area contributed by atoms with Crippen LogP contribution in [-0.4, -0.2) is 22.1 Å². The maximum atomic E-state index is 12.1. The van der Waals surface area contributed by atoms with Crippen LogP contribution >= 0.6 is 11.6 Å². The standard InChI is InChI=1S/C15H15ClO4S/c1-19-10-9-12-5-7-14(8-6-12)20-21(17,18)15-4-2-3-13(16)11-15/h2-8,11H,9-10H2,1H3. The first-order chi connectivity index (χ1) is 10.0.